The van der Waals surface area contributed by atoms with E-state index in [1.54, 1.807) is 23.2 Å². The Hall–Kier alpha value is -3.20. The largest absolute Gasteiger partial charge is 0.391 e. The summed E-state index contributed by atoms with van der Waals surface area (Å²) in [6, 6.07) is 7.39. The maximum absolute atomic E-state index is 12.9. The van der Waals surface area contributed by atoms with Crippen molar-refractivity contribution in [1.82, 2.24) is 20.2 Å². The van der Waals surface area contributed by atoms with Crippen molar-refractivity contribution in [3.8, 4) is 0 Å². The molecule has 0 spiro atoms. The second kappa shape index (κ2) is 10.9. The fourth-order valence-corrected chi connectivity index (χ4v) is 3.47. The molecule has 3 N–H and O–H groups in total. The SMILES string of the molecule is CCC(O)CNC(=O)c1ccc(C(=O)N2CCN(c3ncccc3NC(C)C)CC2)nc1. The lowest BCUT2D eigenvalue weighted by Crippen LogP contribution is -2.49. The fourth-order valence-electron chi connectivity index (χ4n) is 3.47. The number of carbonyl (C=O) groups is 2. The van der Waals surface area contributed by atoms with Gasteiger partial charge in [0.05, 0.1) is 17.4 Å². The number of anilines is 2. The van der Waals surface area contributed by atoms with Crippen LogP contribution < -0.4 is 15.5 Å². The fraction of sp³-hybridized carbons (Fsp3) is 0.478. The van der Waals surface area contributed by atoms with Gasteiger partial charge in [-0.25, -0.2) is 4.98 Å². The lowest BCUT2D eigenvalue weighted by molar-refractivity contribution is 0.0740. The minimum Gasteiger partial charge on any atom is -0.391 e. The second-order valence-corrected chi connectivity index (χ2v) is 8.16. The summed E-state index contributed by atoms with van der Waals surface area (Å²) < 4.78 is 0. The molecule has 2 aromatic rings. The van der Waals surface area contributed by atoms with Crippen LogP contribution >= 0.6 is 0 Å². The molecule has 0 aromatic carbocycles. The smallest absolute Gasteiger partial charge is 0.272 e. The number of aliphatic hydroxyl groups excluding tert-OH is 1. The number of nitrogens with zero attached hydrogens (tertiary/aromatic N) is 4. The van der Waals surface area contributed by atoms with Crippen molar-refractivity contribution in [3.63, 3.8) is 0 Å². The first-order chi connectivity index (χ1) is 15.4. The van der Waals surface area contributed by atoms with Crippen LogP contribution in [0.25, 0.3) is 0 Å². The number of piperazine rings is 1. The molecular formula is C23H32N6O3. The summed E-state index contributed by atoms with van der Waals surface area (Å²) in [7, 11) is 0. The van der Waals surface area contributed by atoms with E-state index in [2.05, 4.69) is 39.3 Å². The summed E-state index contributed by atoms with van der Waals surface area (Å²) in [5.74, 6) is 0.424. The number of hydrogen-bond donors (Lipinski definition) is 3. The highest BCUT2D eigenvalue weighted by Crippen LogP contribution is 2.24. The van der Waals surface area contributed by atoms with Crippen LogP contribution in [0.1, 0.15) is 48.0 Å². The van der Waals surface area contributed by atoms with E-state index < -0.39 is 6.10 Å². The standard InChI is InChI=1S/C23H32N6O3/c1-4-18(30)15-26-22(31)17-7-8-20(25-14-17)23(32)29-12-10-28(11-13-29)21-19(27-16(2)3)6-5-9-24-21/h5-9,14,16,18,27,30H,4,10-13,15H2,1-3H3,(H,26,31). The maximum Gasteiger partial charge on any atom is 0.272 e. The highest BCUT2D eigenvalue weighted by molar-refractivity contribution is 5.96. The van der Waals surface area contributed by atoms with E-state index >= 15 is 0 Å². The Labute approximate surface area is 188 Å². The normalized spacial score (nSPS) is 14.9. The van der Waals surface area contributed by atoms with Gasteiger partial charge in [-0.1, -0.05) is 6.92 Å². The molecule has 1 unspecified atom stereocenters. The van der Waals surface area contributed by atoms with E-state index in [0.717, 1.165) is 11.5 Å². The van der Waals surface area contributed by atoms with E-state index in [-0.39, 0.29) is 18.4 Å². The summed E-state index contributed by atoms with van der Waals surface area (Å²) in [6.07, 6.45) is 3.17. The number of amides is 2. The van der Waals surface area contributed by atoms with E-state index in [1.165, 1.54) is 6.20 Å². The minimum absolute atomic E-state index is 0.153. The summed E-state index contributed by atoms with van der Waals surface area (Å²) >= 11 is 0. The van der Waals surface area contributed by atoms with Crippen LogP contribution in [0.4, 0.5) is 11.5 Å². The zero-order chi connectivity index (χ0) is 23.1. The number of rotatable bonds is 8. The number of aliphatic hydroxyl groups is 1. The lowest BCUT2D eigenvalue weighted by atomic mass is 10.2. The summed E-state index contributed by atoms with van der Waals surface area (Å²) in [5, 5.41) is 15.6. The summed E-state index contributed by atoms with van der Waals surface area (Å²) in [6.45, 7) is 8.69. The van der Waals surface area contributed by atoms with Gasteiger partial charge in [-0.3, -0.25) is 14.6 Å². The van der Waals surface area contributed by atoms with Crippen molar-refractivity contribution in [2.75, 3.05) is 42.9 Å². The third-order valence-electron chi connectivity index (χ3n) is 5.31. The first-order valence-electron chi connectivity index (χ1n) is 11.1. The van der Waals surface area contributed by atoms with Crippen LogP contribution in [0.2, 0.25) is 0 Å². The minimum atomic E-state index is -0.574. The zero-order valence-corrected chi connectivity index (χ0v) is 18.9. The molecule has 1 saturated heterocycles. The molecule has 1 fully saturated rings. The first-order valence-corrected chi connectivity index (χ1v) is 11.1. The number of pyridine rings is 2. The predicted molar refractivity (Wildman–Crippen MR) is 124 cm³/mol. The topological polar surface area (TPSA) is 111 Å². The molecule has 1 aliphatic rings. The molecule has 2 aromatic heterocycles. The lowest BCUT2D eigenvalue weighted by Gasteiger charge is -2.36. The first kappa shape index (κ1) is 23.5. The molecule has 172 valence electrons. The summed E-state index contributed by atoms with van der Waals surface area (Å²) in [5.41, 5.74) is 1.66. The van der Waals surface area contributed by atoms with Crippen molar-refractivity contribution in [3.05, 3.63) is 47.9 Å². The van der Waals surface area contributed by atoms with Gasteiger partial charge in [-0.05, 0) is 44.5 Å². The van der Waals surface area contributed by atoms with Gasteiger partial charge in [0.25, 0.3) is 11.8 Å². The Balaban J connectivity index is 1.57. The molecule has 0 saturated carbocycles. The predicted octanol–water partition coefficient (Wildman–Crippen LogP) is 1.76. The highest BCUT2D eigenvalue weighted by atomic mass is 16.3. The van der Waals surface area contributed by atoms with Crippen molar-refractivity contribution < 1.29 is 14.7 Å². The average Bonchev–Trinajstić information content (AvgIpc) is 2.82. The van der Waals surface area contributed by atoms with Crippen LogP contribution in [-0.2, 0) is 0 Å². The van der Waals surface area contributed by atoms with Gasteiger partial charge in [-0.2, -0.15) is 0 Å². The number of carbonyl (C=O) groups excluding carboxylic acids is 2. The van der Waals surface area contributed by atoms with Gasteiger partial charge in [0, 0.05) is 51.2 Å². The van der Waals surface area contributed by atoms with Crippen molar-refractivity contribution in [1.29, 1.82) is 0 Å². The molecule has 3 rings (SSSR count). The van der Waals surface area contributed by atoms with E-state index in [9.17, 15) is 14.7 Å². The van der Waals surface area contributed by atoms with Crippen LogP contribution in [0, 0.1) is 0 Å². The van der Waals surface area contributed by atoms with Gasteiger partial charge in [0.15, 0.2) is 5.82 Å². The van der Waals surface area contributed by atoms with Gasteiger partial charge in [-0.15, -0.1) is 0 Å². The molecule has 32 heavy (non-hydrogen) atoms. The monoisotopic (exact) mass is 440 g/mol. The Kier molecular flexibility index (Phi) is 7.99. The second-order valence-electron chi connectivity index (χ2n) is 8.16. The molecule has 9 heteroatoms. The van der Waals surface area contributed by atoms with Crippen LogP contribution in [0.3, 0.4) is 0 Å². The molecule has 9 nitrogen and oxygen atoms in total. The third kappa shape index (κ3) is 5.94. The Morgan fingerprint density at radius 3 is 2.50 bits per heavy atom. The summed E-state index contributed by atoms with van der Waals surface area (Å²) in [4.78, 5) is 37.7. The molecule has 2 amide bonds. The van der Waals surface area contributed by atoms with Gasteiger partial charge in [0.1, 0.15) is 5.69 Å². The van der Waals surface area contributed by atoms with E-state index in [1.807, 2.05) is 19.1 Å². The number of hydrogen-bond acceptors (Lipinski definition) is 7. The Morgan fingerprint density at radius 1 is 1.12 bits per heavy atom. The maximum atomic E-state index is 12.9. The number of aromatic nitrogens is 2. The van der Waals surface area contributed by atoms with Crippen LogP contribution in [-0.4, -0.2) is 76.7 Å². The molecular weight excluding hydrogens is 408 g/mol. The third-order valence-corrected chi connectivity index (χ3v) is 5.31. The number of nitrogens with one attached hydrogen (secondary N) is 2. The van der Waals surface area contributed by atoms with E-state index in [0.29, 0.717) is 49.9 Å². The average molecular weight is 441 g/mol. The molecule has 1 aliphatic heterocycles. The molecule has 0 radical (unpaired) electrons. The van der Waals surface area contributed by atoms with Gasteiger partial charge >= 0.3 is 0 Å². The van der Waals surface area contributed by atoms with E-state index in [4.69, 9.17) is 0 Å². The van der Waals surface area contributed by atoms with Crippen molar-refractivity contribution in [2.45, 2.75) is 39.3 Å². The Bertz CT molecular complexity index is 910. The Morgan fingerprint density at radius 2 is 1.88 bits per heavy atom. The molecule has 3 heterocycles. The molecule has 1 atom stereocenters. The van der Waals surface area contributed by atoms with Crippen LogP contribution in [0.5, 0.6) is 0 Å². The molecule has 0 aliphatic carbocycles. The van der Waals surface area contributed by atoms with Crippen LogP contribution in [0.15, 0.2) is 36.7 Å². The molecule has 0 bridgehead atoms. The quantitative estimate of drug-likeness (QED) is 0.574. The van der Waals surface area contributed by atoms with Gasteiger partial charge in [0.2, 0.25) is 0 Å². The van der Waals surface area contributed by atoms with Crippen molar-refractivity contribution >= 4 is 23.3 Å². The highest BCUT2D eigenvalue weighted by Gasteiger charge is 2.25. The van der Waals surface area contributed by atoms with Crippen molar-refractivity contribution in [2.24, 2.45) is 0 Å². The van der Waals surface area contributed by atoms with Gasteiger partial charge < -0.3 is 25.5 Å². The zero-order valence-electron chi connectivity index (χ0n) is 18.9.